The number of nitrogens with zero attached hydrogens (tertiary/aromatic N) is 2. The van der Waals surface area contributed by atoms with Crippen molar-refractivity contribution in [2.24, 2.45) is 4.99 Å². The molecule has 0 aliphatic carbocycles. The number of hydrogen-bond acceptors (Lipinski definition) is 3. The third-order valence-corrected chi connectivity index (χ3v) is 4.75. The number of nitrogens with one attached hydrogen (secondary N) is 2. The van der Waals surface area contributed by atoms with E-state index in [9.17, 15) is 4.79 Å². The highest BCUT2D eigenvalue weighted by Crippen LogP contribution is 2.21. The molecule has 0 aromatic heterocycles. The van der Waals surface area contributed by atoms with E-state index in [1.165, 1.54) is 0 Å². The number of anilines is 1. The second-order valence-electron chi connectivity index (χ2n) is 6.78. The number of para-hydroxylation sites is 1. The Morgan fingerprint density at radius 1 is 1.14 bits per heavy atom. The lowest BCUT2D eigenvalue weighted by Gasteiger charge is -2.16. The van der Waals surface area contributed by atoms with Crippen LogP contribution < -0.4 is 20.3 Å². The zero-order chi connectivity index (χ0) is 19.8. The van der Waals surface area contributed by atoms with Crippen molar-refractivity contribution in [2.45, 2.75) is 26.3 Å². The number of rotatable bonds is 7. The summed E-state index contributed by atoms with van der Waals surface area (Å²) in [6.45, 7) is 4.73. The predicted molar refractivity (Wildman–Crippen MR) is 113 cm³/mol. The van der Waals surface area contributed by atoms with Gasteiger partial charge in [-0.1, -0.05) is 30.3 Å². The Morgan fingerprint density at radius 2 is 1.93 bits per heavy atom. The van der Waals surface area contributed by atoms with Crippen LogP contribution in [0.1, 0.15) is 24.0 Å². The van der Waals surface area contributed by atoms with Crippen molar-refractivity contribution in [1.29, 1.82) is 0 Å². The van der Waals surface area contributed by atoms with Crippen LogP contribution in [0, 0.1) is 6.92 Å². The molecule has 2 N–H and O–H groups in total. The average molecular weight is 380 g/mol. The van der Waals surface area contributed by atoms with E-state index >= 15 is 0 Å². The molecule has 2 aromatic rings. The summed E-state index contributed by atoms with van der Waals surface area (Å²) < 4.78 is 5.79. The van der Waals surface area contributed by atoms with Crippen molar-refractivity contribution in [3.8, 4) is 5.75 Å². The minimum atomic E-state index is 0.211. The summed E-state index contributed by atoms with van der Waals surface area (Å²) in [5.41, 5.74) is 3.24. The van der Waals surface area contributed by atoms with E-state index < -0.39 is 0 Å². The van der Waals surface area contributed by atoms with Crippen LogP contribution in [0.2, 0.25) is 0 Å². The molecule has 0 atom stereocenters. The third-order valence-electron chi connectivity index (χ3n) is 4.75. The minimum absolute atomic E-state index is 0.211. The van der Waals surface area contributed by atoms with Crippen LogP contribution in [-0.4, -0.2) is 38.6 Å². The molecule has 1 fully saturated rings. The van der Waals surface area contributed by atoms with Crippen molar-refractivity contribution < 1.29 is 9.53 Å². The molecule has 6 nitrogen and oxygen atoms in total. The zero-order valence-electron chi connectivity index (χ0n) is 16.6. The van der Waals surface area contributed by atoms with E-state index in [0.29, 0.717) is 26.1 Å². The van der Waals surface area contributed by atoms with E-state index in [4.69, 9.17) is 4.74 Å². The van der Waals surface area contributed by atoms with Gasteiger partial charge in [0.15, 0.2) is 5.96 Å². The van der Waals surface area contributed by atoms with Gasteiger partial charge in [0.25, 0.3) is 0 Å². The first-order valence-electron chi connectivity index (χ1n) is 9.69. The van der Waals surface area contributed by atoms with Crippen molar-refractivity contribution in [2.75, 3.05) is 31.6 Å². The first kappa shape index (κ1) is 19.7. The van der Waals surface area contributed by atoms with Crippen LogP contribution >= 0.6 is 0 Å². The molecule has 1 aliphatic heterocycles. The summed E-state index contributed by atoms with van der Waals surface area (Å²) in [6, 6.07) is 16.1. The highest BCUT2D eigenvalue weighted by Gasteiger charge is 2.21. The maximum Gasteiger partial charge on any atom is 0.227 e. The second-order valence-corrected chi connectivity index (χ2v) is 6.78. The summed E-state index contributed by atoms with van der Waals surface area (Å²) in [4.78, 5) is 17.9. The number of amides is 1. The average Bonchev–Trinajstić information content (AvgIpc) is 3.15. The summed E-state index contributed by atoms with van der Waals surface area (Å²) in [7, 11) is 1.75. The summed E-state index contributed by atoms with van der Waals surface area (Å²) in [5.74, 6) is 1.85. The minimum Gasteiger partial charge on any atom is -0.491 e. The van der Waals surface area contributed by atoms with Crippen LogP contribution in [0.25, 0.3) is 0 Å². The Bertz CT molecular complexity index is 818. The van der Waals surface area contributed by atoms with Gasteiger partial charge in [0, 0.05) is 32.2 Å². The lowest BCUT2D eigenvalue weighted by Crippen LogP contribution is -2.38. The van der Waals surface area contributed by atoms with E-state index in [2.05, 4.69) is 15.6 Å². The van der Waals surface area contributed by atoms with E-state index in [-0.39, 0.29) is 5.91 Å². The lowest BCUT2D eigenvalue weighted by atomic mass is 10.2. The second kappa shape index (κ2) is 9.78. The number of aryl methyl sites for hydroxylation is 1. The van der Waals surface area contributed by atoms with Crippen LogP contribution in [0.4, 0.5) is 5.69 Å². The number of guanidine groups is 1. The van der Waals surface area contributed by atoms with Crippen molar-refractivity contribution in [3.63, 3.8) is 0 Å². The Labute approximate surface area is 166 Å². The smallest absolute Gasteiger partial charge is 0.227 e. The van der Waals surface area contributed by atoms with Gasteiger partial charge in [0.1, 0.15) is 12.4 Å². The molecular weight excluding hydrogens is 352 g/mol. The maximum absolute atomic E-state index is 11.8. The number of hydrogen-bond donors (Lipinski definition) is 2. The highest BCUT2D eigenvalue weighted by atomic mass is 16.5. The molecule has 1 aliphatic rings. The molecule has 2 aromatic carbocycles. The van der Waals surface area contributed by atoms with Gasteiger partial charge in [0.2, 0.25) is 5.91 Å². The number of carbonyl (C=O) groups excluding carboxylic acids is 1. The van der Waals surface area contributed by atoms with Gasteiger partial charge in [-0.3, -0.25) is 9.79 Å². The molecule has 0 saturated carbocycles. The zero-order valence-corrected chi connectivity index (χ0v) is 16.6. The van der Waals surface area contributed by atoms with Crippen molar-refractivity contribution >= 4 is 17.6 Å². The first-order valence-corrected chi connectivity index (χ1v) is 9.69. The molecule has 0 unspecified atom stereocenters. The molecule has 1 amide bonds. The summed E-state index contributed by atoms with van der Waals surface area (Å²) in [6.07, 6.45) is 1.59. The standard InChI is InChI=1S/C22H28N4O2/c1-17-6-3-4-7-20(17)28-15-13-24-22(23-2)25-16-18-9-11-19(12-10-18)26-14-5-8-21(26)27/h3-4,6-7,9-12H,5,8,13-16H2,1-2H3,(H2,23,24,25). The van der Waals surface area contributed by atoms with Gasteiger partial charge in [0.05, 0.1) is 6.54 Å². The summed E-state index contributed by atoms with van der Waals surface area (Å²) in [5, 5.41) is 6.55. The number of benzene rings is 2. The van der Waals surface area contributed by atoms with Gasteiger partial charge < -0.3 is 20.3 Å². The predicted octanol–water partition coefficient (Wildman–Crippen LogP) is 2.87. The Kier molecular flexibility index (Phi) is 6.89. The SMILES string of the molecule is CN=C(NCCOc1ccccc1C)NCc1ccc(N2CCCC2=O)cc1. The van der Waals surface area contributed by atoms with Crippen LogP contribution in [0.5, 0.6) is 5.75 Å². The molecule has 6 heteroatoms. The van der Waals surface area contributed by atoms with Gasteiger partial charge in [-0.15, -0.1) is 0 Å². The van der Waals surface area contributed by atoms with Crippen molar-refractivity contribution in [1.82, 2.24) is 10.6 Å². The molecule has 0 spiro atoms. The number of ether oxygens (including phenoxy) is 1. The van der Waals surface area contributed by atoms with Gasteiger partial charge >= 0.3 is 0 Å². The largest absolute Gasteiger partial charge is 0.491 e. The fourth-order valence-corrected chi connectivity index (χ4v) is 3.17. The Morgan fingerprint density at radius 3 is 2.61 bits per heavy atom. The molecule has 0 radical (unpaired) electrons. The molecule has 0 bridgehead atoms. The normalized spacial score (nSPS) is 14.3. The van der Waals surface area contributed by atoms with Crippen LogP contribution in [0.15, 0.2) is 53.5 Å². The molecule has 1 heterocycles. The van der Waals surface area contributed by atoms with E-state index in [1.54, 1.807) is 7.05 Å². The van der Waals surface area contributed by atoms with Gasteiger partial charge in [-0.05, 0) is 42.7 Å². The molecule has 1 saturated heterocycles. The highest BCUT2D eigenvalue weighted by molar-refractivity contribution is 5.95. The quantitative estimate of drug-likeness (QED) is 0.440. The van der Waals surface area contributed by atoms with Crippen LogP contribution in [-0.2, 0) is 11.3 Å². The lowest BCUT2D eigenvalue weighted by molar-refractivity contribution is -0.117. The molecule has 3 rings (SSSR count). The van der Waals surface area contributed by atoms with Gasteiger partial charge in [-0.2, -0.15) is 0 Å². The fraction of sp³-hybridized carbons (Fsp3) is 0.364. The van der Waals surface area contributed by atoms with Crippen LogP contribution in [0.3, 0.4) is 0 Å². The summed E-state index contributed by atoms with van der Waals surface area (Å²) >= 11 is 0. The Hall–Kier alpha value is -3.02. The van der Waals surface area contributed by atoms with Crippen molar-refractivity contribution in [3.05, 3.63) is 59.7 Å². The molecular formula is C22H28N4O2. The number of aliphatic imine (C=N–C) groups is 1. The van der Waals surface area contributed by atoms with Gasteiger partial charge in [-0.25, -0.2) is 0 Å². The maximum atomic E-state index is 11.8. The molecule has 28 heavy (non-hydrogen) atoms. The van der Waals surface area contributed by atoms with E-state index in [1.807, 2.05) is 60.4 Å². The number of carbonyl (C=O) groups is 1. The first-order chi connectivity index (χ1) is 13.7. The monoisotopic (exact) mass is 380 g/mol. The van der Waals surface area contributed by atoms with E-state index in [0.717, 1.165) is 41.5 Å². The Balaban J connectivity index is 1.41. The topological polar surface area (TPSA) is 66.0 Å². The fourth-order valence-electron chi connectivity index (χ4n) is 3.17. The molecule has 148 valence electrons. The third kappa shape index (κ3) is 5.25.